The van der Waals surface area contributed by atoms with Crippen molar-refractivity contribution in [1.82, 2.24) is 19.8 Å². The van der Waals surface area contributed by atoms with Gasteiger partial charge in [-0.3, -0.25) is 9.59 Å². The van der Waals surface area contributed by atoms with Gasteiger partial charge >= 0.3 is 0 Å². The fourth-order valence-corrected chi connectivity index (χ4v) is 3.44. The summed E-state index contributed by atoms with van der Waals surface area (Å²) in [5, 5.41) is 11.9. The number of rotatable bonds is 4. The van der Waals surface area contributed by atoms with Gasteiger partial charge in [-0.2, -0.15) is 4.52 Å². The van der Waals surface area contributed by atoms with Crippen molar-refractivity contribution in [3.05, 3.63) is 51.9 Å². The number of carbonyl (C=O) groups is 1. The van der Waals surface area contributed by atoms with Crippen LogP contribution in [0.15, 0.2) is 39.5 Å². The summed E-state index contributed by atoms with van der Waals surface area (Å²) < 4.78 is 1.85. The number of fused-ring (bicyclic) bond motifs is 1. The molecule has 0 radical (unpaired) electrons. The molecule has 3 rings (SSSR count). The van der Waals surface area contributed by atoms with E-state index in [2.05, 4.69) is 15.3 Å². The number of aromatic nitrogens is 4. The number of aryl methyl sites for hydroxylation is 1. The second-order valence-corrected chi connectivity index (χ2v) is 6.41. The van der Waals surface area contributed by atoms with E-state index in [9.17, 15) is 9.59 Å². The minimum absolute atomic E-state index is 0.0227. The van der Waals surface area contributed by atoms with Crippen LogP contribution in [0.2, 0.25) is 0 Å². The van der Waals surface area contributed by atoms with E-state index in [-0.39, 0.29) is 17.1 Å². The van der Waals surface area contributed by atoms with Crippen molar-refractivity contribution in [2.45, 2.75) is 11.3 Å². The third-order valence-corrected chi connectivity index (χ3v) is 4.78. The maximum Gasteiger partial charge on any atom is 0.296 e. The Morgan fingerprint density at radius 1 is 1.29 bits per heavy atom. The third kappa shape index (κ3) is 2.86. The van der Waals surface area contributed by atoms with Crippen LogP contribution in [0.4, 0.5) is 0 Å². The fraction of sp³-hybridized carbons (Fsp3) is 0.154. The predicted molar refractivity (Wildman–Crippen MR) is 81.2 cm³/mol. The lowest BCUT2D eigenvalue weighted by Crippen LogP contribution is -2.19. The molecule has 0 atom stereocenters. The number of hydrogen-bond acceptors (Lipinski definition) is 7. The second-order valence-electron chi connectivity index (χ2n) is 4.23. The Labute approximate surface area is 127 Å². The standard InChI is InChI=1S/C13H10N4O2S2/c1-8-11(19)17-12(15-14-8)21-13(16-17)20-7-10(18)9-5-3-2-4-6-9/h2-6H,7H2,1H3. The molecule has 2 aromatic heterocycles. The molecule has 3 aromatic rings. The Balaban J connectivity index is 1.78. The number of hydrogen-bond donors (Lipinski definition) is 0. The van der Waals surface area contributed by atoms with Crippen LogP contribution in [0, 0.1) is 6.92 Å². The zero-order valence-corrected chi connectivity index (χ0v) is 12.6. The van der Waals surface area contributed by atoms with E-state index in [1.807, 2.05) is 18.2 Å². The van der Waals surface area contributed by atoms with E-state index >= 15 is 0 Å². The van der Waals surface area contributed by atoms with Crippen molar-refractivity contribution in [2.75, 3.05) is 5.75 Å². The highest BCUT2D eigenvalue weighted by atomic mass is 32.2. The lowest BCUT2D eigenvalue weighted by atomic mass is 10.2. The Kier molecular flexibility index (Phi) is 3.80. The van der Waals surface area contributed by atoms with Crippen molar-refractivity contribution < 1.29 is 4.79 Å². The second kappa shape index (κ2) is 5.74. The molecule has 0 N–H and O–H groups in total. The van der Waals surface area contributed by atoms with Gasteiger partial charge in [0.25, 0.3) is 5.56 Å². The summed E-state index contributed by atoms with van der Waals surface area (Å²) >= 11 is 2.54. The Hall–Kier alpha value is -2.06. The zero-order valence-electron chi connectivity index (χ0n) is 11.0. The lowest BCUT2D eigenvalue weighted by Gasteiger charge is -1.97. The third-order valence-electron chi connectivity index (χ3n) is 2.75. The van der Waals surface area contributed by atoms with Crippen LogP contribution in [-0.4, -0.2) is 31.3 Å². The number of Topliss-reactive ketones (excluding diaryl/α,β-unsaturated/α-hetero) is 1. The SMILES string of the molecule is Cc1nnc2sc(SCC(=O)c3ccccc3)nn2c1=O. The quantitative estimate of drug-likeness (QED) is 0.539. The first-order chi connectivity index (χ1) is 10.1. The molecule has 2 heterocycles. The summed E-state index contributed by atoms with van der Waals surface area (Å²) in [7, 11) is 0. The van der Waals surface area contributed by atoms with Gasteiger partial charge in [0.15, 0.2) is 10.1 Å². The number of ketones is 1. The first-order valence-electron chi connectivity index (χ1n) is 6.09. The van der Waals surface area contributed by atoms with E-state index in [0.717, 1.165) is 0 Å². The predicted octanol–water partition coefficient (Wildman–Crippen LogP) is 1.83. The van der Waals surface area contributed by atoms with Crippen LogP contribution < -0.4 is 5.56 Å². The summed E-state index contributed by atoms with van der Waals surface area (Å²) in [5.41, 5.74) is 0.686. The van der Waals surface area contributed by atoms with E-state index in [0.29, 0.717) is 20.6 Å². The molecule has 6 nitrogen and oxygen atoms in total. The monoisotopic (exact) mass is 318 g/mol. The van der Waals surface area contributed by atoms with Crippen molar-refractivity contribution in [2.24, 2.45) is 0 Å². The Morgan fingerprint density at radius 2 is 2.05 bits per heavy atom. The molecule has 0 unspecified atom stereocenters. The van der Waals surface area contributed by atoms with Gasteiger partial charge in [0.05, 0.1) is 5.75 Å². The first kappa shape index (κ1) is 13.9. The van der Waals surface area contributed by atoms with Gasteiger partial charge < -0.3 is 0 Å². The van der Waals surface area contributed by atoms with Gasteiger partial charge in [-0.05, 0) is 6.92 Å². The largest absolute Gasteiger partial charge is 0.296 e. The van der Waals surface area contributed by atoms with Crippen LogP contribution in [0.1, 0.15) is 16.1 Å². The van der Waals surface area contributed by atoms with Crippen LogP contribution >= 0.6 is 23.1 Å². The summed E-state index contributed by atoms with van der Waals surface area (Å²) in [5.74, 6) is 0.292. The molecule has 21 heavy (non-hydrogen) atoms. The molecule has 1 aromatic carbocycles. The first-order valence-corrected chi connectivity index (χ1v) is 7.89. The maximum atomic E-state index is 12.0. The van der Waals surface area contributed by atoms with Crippen molar-refractivity contribution in [1.29, 1.82) is 0 Å². The van der Waals surface area contributed by atoms with Crippen molar-refractivity contribution in [3.8, 4) is 0 Å². The molecular weight excluding hydrogens is 308 g/mol. The van der Waals surface area contributed by atoms with E-state index in [4.69, 9.17) is 0 Å². The van der Waals surface area contributed by atoms with Crippen molar-refractivity contribution >= 4 is 33.8 Å². The highest BCUT2D eigenvalue weighted by molar-refractivity contribution is 8.01. The number of thioether (sulfide) groups is 1. The lowest BCUT2D eigenvalue weighted by molar-refractivity contribution is 0.102. The molecule has 0 saturated carbocycles. The Morgan fingerprint density at radius 3 is 2.81 bits per heavy atom. The summed E-state index contributed by atoms with van der Waals surface area (Å²) in [6.07, 6.45) is 0. The average Bonchev–Trinajstić information content (AvgIpc) is 2.93. The van der Waals surface area contributed by atoms with E-state index < -0.39 is 0 Å². The normalized spacial score (nSPS) is 10.9. The molecule has 0 aliphatic rings. The van der Waals surface area contributed by atoms with Crippen LogP contribution in [-0.2, 0) is 0 Å². The Bertz CT molecular complexity index is 857. The topological polar surface area (TPSA) is 77.2 Å². The van der Waals surface area contributed by atoms with Gasteiger partial charge in [-0.1, -0.05) is 53.4 Å². The van der Waals surface area contributed by atoms with Crippen molar-refractivity contribution in [3.63, 3.8) is 0 Å². The zero-order chi connectivity index (χ0) is 14.8. The molecular formula is C13H10N4O2S2. The number of nitrogens with zero attached hydrogens (tertiary/aromatic N) is 4. The van der Waals surface area contributed by atoms with Crippen LogP contribution in [0.5, 0.6) is 0 Å². The minimum Gasteiger partial charge on any atom is -0.293 e. The van der Waals surface area contributed by atoms with Gasteiger partial charge in [0.1, 0.15) is 5.69 Å². The fourth-order valence-electron chi connectivity index (χ4n) is 1.67. The molecule has 106 valence electrons. The van der Waals surface area contributed by atoms with Gasteiger partial charge in [0, 0.05) is 5.56 Å². The van der Waals surface area contributed by atoms with Gasteiger partial charge in [-0.25, -0.2) is 0 Å². The summed E-state index contributed by atoms with van der Waals surface area (Å²) in [6.45, 7) is 1.59. The molecule has 0 bridgehead atoms. The molecule has 0 saturated heterocycles. The summed E-state index contributed by atoms with van der Waals surface area (Å²) in [4.78, 5) is 24.3. The molecule has 0 spiro atoms. The smallest absolute Gasteiger partial charge is 0.293 e. The molecule has 0 aliphatic carbocycles. The molecule has 0 aliphatic heterocycles. The highest BCUT2D eigenvalue weighted by Gasteiger charge is 2.12. The van der Waals surface area contributed by atoms with E-state index in [1.165, 1.54) is 27.6 Å². The van der Waals surface area contributed by atoms with Crippen LogP contribution in [0.3, 0.4) is 0 Å². The maximum absolute atomic E-state index is 12.0. The minimum atomic E-state index is -0.280. The van der Waals surface area contributed by atoms with E-state index in [1.54, 1.807) is 19.1 Å². The van der Waals surface area contributed by atoms with Gasteiger partial charge in [-0.15, -0.1) is 15.3 Å². The highest BCUT2D eigenvalue weighted by Crippen LogP contribution is 2.23. The average molecular weight is 318 g/mol. The van der Waals surface area contributed by atoms with Crippen LogP contribution in [0.25, 0.3) is 4.96 Å². The molecule has 0 fully saturated rings. The summed E-state index contributed by atoms with van der Waals surface area (Å²) in [6, 6.07) is 9.08. The number of carbonyl (C=O) groups excluding carboxylic acids is 1. The molecule has 8 heteroatoms. The van der Waals surface area contributed by atoms with Gasteiger partial charge in [0.2, 0.25) is 4.96 Å². The number of benzene rings is 1. The molecule has 0 amide bonds.